The van der Waals surface area contributed by atoms with Crippen LogP contribution in [0.1, 0.15) is 11.4 Å². The normalized spacial score (nSPS) is 10.7. The van der Waals surface area contributed by atoms with Crippen molar-refractivity contribution in [2.24, 2.45) is 5.84 Å². The number of nitrogens with two attached hydrogens (primary N) is 1. The van der Waals surface area contributed by atoms with E-state index in [0.29, 0.717) is 18.2 Å². The Morgan fingerprint density at radius 1 is 1.20 bits per heavy atom. The molecule has 0 saturated heterocycles. The largest absolute Gasteiger partial charge is 0.486 e. The van der Waals surface area contributed by atoms with Gasteiger partial charge in [-0.25, -0.2) is 15.8 Å². The average Bonchev–Trinajstić information content (AvgIpc) is 2.94. The lowest BCUT2D eigenvalue weighted by atomic mass is 10.2. The van der Waals surface area contributed by atoms with Gasteiger partial charge in [0.15, 0.2) is 11.6 Å². The van der Waals surface area contributed by atoms with Gasteiger partial charge in [0.25, 0.3) is 0 Å². The Hall–Kier alpha value is -2.18. The lowest BCUT2D eigenvalue weighted by molar-refractivity contribution is 0.296. The summed E-state index contributed by atoms with van der Waals surface area (Å²) < 4.78 is 5.68. The first-order valence-electron chi connectivity index (χ1n) is 6.16. The van der Waals surface area contributed by atoms with Crippen LogP contribution in [-0.2, 0) is 6.61 Å². The first-order valence-corrected chi connectivity index (χ1v) is 7.04. The number of fused-ring (bicyclic) bond motifs is 1. The summed E-state index contributed by atoms with van der Waals surface area (Å²) in [4.78, 5) is 9.72. The maximum atomic E-state index is 5.68. The maximum Gasteiger partial charge on any atom is 0.169 e. The number of hydrogen-bond acceptors (Lipinski definition) is 6. The first kappa shape index (κ1) is 12.8. The summed E-state index contributed by atoms with van der Waals surface area (Å²) in [6, 6.07) is 9.82. The molecule has 0 saturated carbocycles. The van der Waals surface area contributed by atoms with E-state index in [1.165, 1.54) is 5.56 Å². The molecule has 3 N–H and O–H groups in total. The predicted molar refractivity (Wildman–Crippen MR) is 80.7 cm³/mol. The molecular weight excluding hydrogens is 272 g/mol. The van der Waals surface area contributed by atoms with E-state index in [0.717, 1.165) is 16.0 Å². The third-order valence-corrected chi connectivity index (χ3v) is 3.70. The summed E-state index contributed by atoms with van der Waals surface area (Å²) >= 11 is 1.55. The average molecular weight is 286 g/mol. The van der Waals surface area contributed by atoms with Crippen molar-refractivity contribution in [1.29, 1.82) is 0 Å². The molecule has 0 radical (unpaired) electrons. The molecule has 2 heterocycles. The molecule has 5 nitrogen and oxygen atoms in total. The van der Waals surface area contributed by atoms with Crippen molar-refractivity contribution in [2.45, 2.75) is 13.5 Å². The zero-order valence-corrected chi connectivity index (χ0v) is 11.8. The second-order valence-electron chi connectivity index (χ2n) is 4.37. The van der Waals surface area contributed by atoms with Crippen LogP contribution in [0.15, 0.2) is 35.7 Å². The van der Waals surface area contributed by atoms with Crippen LogP contribution in [0.3, 0.4) is 0 Å². The minimum atomic E-state index is 0.311. The molecule has 0 aliphatic heterocycles. The predicted octanol–water partition coefficient (Wildman–Crippen LogP) is 2.86. The Kier molecular flexibility index (Phi) is 3.49. The van der Waals surface area contributed by atoms with Crippen molar-refractivity contribution >= 4 is 27.4 Å². The third-order valence-electron chi connectivity index (χ3n) is 2.90. The Bertz CT molecular complexity index is 724. The number of aromatic nitrogens is 2. The number of nitrogens with one attached hydrogen (secondary N) is 1. The number of hydrogen-bond donors (Lipinski definition) is 2. The Morgan fingerprint density at radius 3 is 2.75 bits per heavy atom. The quantitative estimate of drug-likeness (QED) is 0.570. The number of rotatable bonds is 4. The minimum absolute atomic E-state index is 0.311. The second kappa shape index (κ2) is 5.44. The summed E-state index contributed by atoms with van der Waals surface area (Å²) in [5.74, 6) is 7.52. The summed E-state index contributed by atoms with van der Waals surface area (Å²) in [7, 11) is 0. The number of anilines is 1. The van der Waals surface area contributed by atoms with Gasteiger partial charge >= 0.3 is 0 Å². The molecule has 1 aromatic carbocycles. The van der Waals surface area contributed by atoms with Crippen LogP contribution >= 0.6 is 11.3 Å². The van der Waals surface area contributed by atoms with Crippen molar-refractivity contribution in [2.75, 3.05) is 5.43 Å². The van der Waals surface area contributed by atoms with Crippen molar-refractivity contribution in [3.63, 3.8) is 0 Å². The smallest absolute Gasteiger partial charge is 0.169 e. The second-order valence-corrected chi connectivity index (χ2v) is 5.27. The molecule has 0 fully saturated rings. The molecular formula is C14H14N4OS. The topological polar surface area (TPSA) is 73.1 Å². The van der Waals surface area contributed by atoms with Crippen molar-refractivity contribution < 1.29 is 4.74 Å². The lowest BCUT2D eigenvalue weighted by Crippen LogP contribution is -2.11. The zero-order chi connectivity index (χ0) is 13.9. The number of nitrogens with zero attached hydrogens (tertiary/aromatic N) is 2. The molecule has 0 aliphatic carbocycles. The van der Waals surface area contributed by atoms with Gasteiger partial charge in [0.2, 0.25) is 0 Å². The molecule has 2 aromatic heterocycles. The standard InChI is InChI=1S/C14H14N4OS/c1-9-2-4-10(5-3-9)19-8-12-16-13(18-15)11-6-7-20-14(11)17-12/h2-7H,8,15H2,1H3,(H,16,17,18). The summed E-state index contributed by atoms with van der Waals surface area (Å²) in [5, 5.41) is 2.89. The van der Waals surface area contributed by atoms with E-state index in [1.54, 1.807) is 11.3 Å². The summed E-state index contributed by atoms with van der Waals surface area (Å²) in [6.45, 7) is 2.35. The van der Waals surface area contributed by atoms with Crippen LogP contribution in [0.5, 0.6) is 5.75 Å². The van der Waals surface area contributed by atoms with Crippen LogP contribution in [0.4, 0.5) is 5.82 Å². The fourth-order valence-corrected chi connectivity index (χ4v) is 2.64. The first-order chi connectivity index (χ1) is 9.76. The maximum absolute atomic E-state index is 5.68. The van der Waals surface area contributed by atoms with Gasteiger partial charge in [-0.3, -0.25) is 0 Å². The van der Waals surface area contributed by atoms with Gasteiger partial charge in [-0.2, -0.15) is 0 Å². The number of hydrazine groups is 1. The van der Waals surface area contributed by atoms with Crippen molar-refractivity contribution in [3.05, 3.63) is 47.1 Å². The van der Waals surface area contributed by atoms with Crippen molar-refractivity contribution in [3.8, 4) is 5.75 Å². The fourth-order valence-electron chi connectivity index (χ4n) is 1.86. The molecule has 0 bridgehead atoms. The minimum Gasteiger partial charge on any atom is -0.486 e. The van der Waals surface area contributed by atoms with Gasteiger partial charge in [0.1, 0.15) is 17.2 Å². The van der Waals surface area contributed by atoms with E-state index < -0.39 is 0 Å². The van der Waals surface area contributed by atoms with Crippen molar-refractivity contribution in [1.82, 2.24) is 9.97 Å². The molecule has 0 atom stereocenters. The molecule has 0 aliphatic rings. The Morgan fingerprint density at radius 2 is 2.00 bits per heavy atom. The molecule has 20 heavy (non-hydrogen) atoms. The highest BCUT2D eigenvalue weighted by Gasteiger charge is 2.08. The fraction of sp³-hybridized carbons (Fsp3) is 0.143. The molecule has 6 heteroatoms. The zero-order valence-electron chi connectivity index (χ0n) is 11.0. The molecule has 102 valence electrons. The SMILES string of the molecule is Cc1ccc(OCc2nc(NN)c3ccsc3n2)cc1. The number of ether oxygens (including phenoxy) is 1. The van der Waals surface area contributed by atoms with E-state index in [1.807, 2.05) is 42.6 Å². The Labute approximate surface area is 120 Å². The van der Waals surface area contributed by atoms with Gasteiger partial charge in [-0.1, -0.05) is 17.7 Å². The number of nitrogen functional groups attached to an aromatic ring is 1. The summed E-state index contributed by atoms with van der Waals surface area (Å²) in [6.07, 6.45) is 0. The van der Waals surface area contributed by atoms with Crippen LogP contribution in [0, 0.1) is 6.92 Å². The lowest BCUT2D eigenvalue weighted by Gasteiger charge is -2.07. The van der Waals surface area contributed by atoms with Gasteiger partial charge in [-0.05, 0) is 30.5 Å². The number of benzene rings is 1. The molecule has 3 aromatic rings. The molecule has 0 spiro atoms. The summed E-state index contributed by atoms with van der Waals surface area (Å²) in [5.41, 5.74) is 3.80. The highest BCUT2D eigenvalue weighted by molar-refractivity contribution is 7.16. The van der Waals surface area contributed by atoms with Crippen LogP contribution in [-0.4, -0.2) is 9.97 Å². The molecule has 0 unspecified atom stereocenters. The highest BCUT2D eigenvalue weighted by Crippen LogP contribution is 2.24. The Balaban J connectivity index is 1.81. The third kappa shape index (κ3) is 2.56. The highest BCUT2D eigenvalue weighted by atomic mass is 32.1. The van der Waals surface area contributed by atoms with E-state index >= 15 is 0 Å². The molecule has 3 rings (SSSR count). The molecule has 0 amide bonds. The van der Waals surface area contributed by atoms with Crippen LogP contribution < -0.4 is 16.0 Å². The monoisotopic (exact) mass is 286 g/mol. The van der Waals surface area contributed by atoms with Crippen LogP contribution in [0.2, 0.25) is 0 Å². The van der Waals surface area contributed by atoms with E-state index in [-0.39, 0.29) is 0 Å². The van der Waals surface area contributed by atoms with Gasteiger partial charge in [0.05, 0.1) is 5.39 Å². The number of aryl methyl sites for hydroxylation is 1. The van der Waals surface area contributed by atoms with E-state index in [4.69, 9.17) is 10.6 Å². The van der Waals surface area contributed by atoms with E-state index in [9.17, 15) is 0 Å². The van der Waals surface area contributed by atoms with E-state index in [2.05, 4.69) is 15.4 Å². The van der Waals surface area contributed by atoms with Gasteiger partial charge in [-0.15, -0.1) is 11.3 Å². The van der Waals surface area contributed by atoms with Gasteiger partial charge in [0, 0.05) is 0 Å². The van der Waals surface area contributed by atoms with Crippen LogP contribution in [0.25, 0.3) is 10.2 Å². The number of thiophene rings is 1. The van der Waals surface area contributed by atoms with Gasteiger partial charge < -0.3 is 10.2 Å².